The van der Waals surface area contributed by atoms with Gasteiger partial charge in [-0.05, 0) is 57.8 Å². The first-order valence-corrected chi connectivity index (χ1v) is 10.5. The van der Waals surface area contributed by atoms with Crippen LogP contribution in [0.3, 0.4) is 0 Å². The third-order valence-electron chi connectivity index (χ3n) is 6.70. The zero-order valence-corrected chi connectivity index (χ0v) is 15.6. The summed E-state index contributed by atoms with van der Waals surface area (Å²) >= 11 is 0. The van der Waals surface area contributed by atoms with Crippen molar-refractivity contribution in [1.29, 1.82) is 0 Å². The molecule has 0 unspecified atom stereocenters. The summed E-state index contributed by atoms with van der Waals surface area (Å²) in [5, 5.41) is 3.24. The normalized spacial score (nSPS) is 28.7. The molecule has 0 aromatic rings. The first-order chi connectivity index (χ1) is 12.1. The van der Waals surface area contributed by atoms with Gasteiger partial charge in [0.2, 0.25) is 5.91 Å². The molecule has 1 aliphatic heterocycles. The molecule has 1 heterocycles. The highest BCUT2D eigenvalue weighted by molar-refractivity contribution is 5.80. The van der Waals surface area contributed by atoms with Crippen LogP contribution in [0.5, 0.6) is 0 Å². The highest BCUT2D eigenvalue weighted by atomic mass is 16.2. The molecule has 1 N–H and O–H groups in total. The molecular formula is C20H33N3O2. The van der Waals surface area contributed by atoms with E-state index in [9.17, 15) is 9.59 Å². The van der Waals surface area contributed by atoms with Gasteiger partial charge in [-0.3, -0.25) is 4.79 Å². The molecule has 1 saturated heterocycles. The Labute approximate surface area is 151 Å². The Morgan fingerprint density at radius 1 is 1.00 bits per heavy atom. The summed E-state index contributed by atoms with van der Waals surface area (Å²) in [4.78, 5) is 29.7. The van der Waals surface area contributed by atoms with Gasteiger partial charge in [0.05, 0.1) is 0 Å². The number of likely N-dealkylation sites (tertiary alicyclic amines) is 1. The third kappa shape index (κ3) is 3.95. The van der Waals surface area contributed by atoms with Gasteiger partial charge in [-0.1, -0.05) is 19.3 Å². The van der Waals surface area contributed by atoms with E-state index in [1.807, 2.05) is 4.90 Å². The topological polar surface area (TPSA) is 52.7 Å². The number of amides is 3. The number of nitrogens with one attached hydrogen (secondary N) is 1. The van der Waals surface area contributed by atoms with Crippen molar-refractivity contribution in [1.82, 2.24) is 15.1 Å². The number of carbonyl (C=O) groups excluding carboxylic acids is 2. The molecule has 3 amide bonds. The van der Waals surface area contributed by atoms with Gasteiger partial charge in [-0.15, -0.1) is 0 Å². The minimum atomic E-state index is 0.110. The maximum atomic E-state index is 12.8. The number of nitrogens with zero attached hydrogens (tertiary/aromatic N) is 2. The van der Waals surface area contributed by atoms with Gasteiger partial charge >= 0.3 is 6.03 Å². The molecule has 5 heteroatoms. The van der Waals surface area contributed by atoms with E-state index in [-0.39, 0.29) is 18.0 Å². The van der Waals surface area contributed by atoms with Crippen molar-refractivity contribution in [3.05, 3.63) is 0 Å². The van der Waals surface area contributed by atoms with E-state index in [1.165, 1.54) is 32.1 Å². The summed E-state index contributed by atoms with van der Waals surface area (Å²) in [5.41, 5.74) is 0. The second-order valence-electron chi connectivity index (χ2n) is 8.77. The van der Waals surface area contributed by atoms with Gasteiger partial charge in [-0.2, -0.15) is 0 Å². The summed E-state index contributed by atoms with van der Waals surface area (Å²) < 4.78 is 0. The van der Waals surface area contributed by atoms with E-state index < -0.39 is 0 Å². The average molecular weight is 348 g/mol. The molecule has 4 aliphatic rings. The van der Waals surface area contributed by atoms with E-state index in [2.05, 4.69) is 17.1 Å². The fraction of sp³-hybridized carbons (Fsp3) is 0.900. The average Bonchev–Trinajstić information content (AvgIpc) is 3.54. The van der Waals surface area contributed by atoms with Crippen molar-refractivity contribution in [2.24, 2.45) is 11.8 Å². The second kappa shape index (κ2) is 7.16. The van der Waals surface area contributed by atoms with Gasteiger partial charge in [0, 0.05) is 37.1 Å². The lowest BCUT2D eigenvalue weighted by Gasteiger charge is -2.31. The maximum absolute atomic E-state index is 12.8. The highest BCUT2D eigenvalue weighted by Crippen LogP contribution is 2.39. The van der Waals surface area contributed by atoms with Gasteiger partial charge in [0.15, 0.2) is 0 Å². The first-order valence-electron chi connectivity index (χ1n) is 10.5. The lowest BCUT2D eigenvalue weighted by Crippen LogP contribution is -2.51. The van der Waals surface area contributed by atoms with Crippen molar-refractivity contribution in [3.8, 4) is 0 Å². The summed E-state index contributed by atoms with van der Waals surface area (Å²) in [7, 11) is 0. The fourth-order valence-corrected chi connectivity index (χ4v) is 4.78. The highest BCUT2D eigenvalue weighted by Gasteiger charge is 2.42. The summed E-state index contributed by atoms with van der Waals surface area (Å²) in [6, 6.07) is 1.07. The summed E-state index contributed by atoms with van der Waals surface area (Å²) in [6.45, 7) is 3.72. The third-order valence-corrected chi connectivity index (χ3v) is 6.70. The van der Waals surface area contributed by atoms with Gasteiger partial charge in [0.25, 0.3) is 0 Å². The molecule has 25 heavy (non-hydrogen) atoms. The quantitative estimate of drug-likeness (QED) is 0.831. The van der Waals surface area contributed by atoms with Gasteiger partial charge in [0.1, 0.15) is 0 Å². The predicted octanol–water partition coefficient (Wildman–Crippen LogP) is 3.14. The number of hydrogen-bond donors (Lipinski definition) is 1. The molecular weight excluding hydrogens is 314 g/mol. The Morgan fingerprint density at radius 2 is 1.72 bits per heavy atom. The van der Waals surface area contributed by atoms with E-state index in [4.69, 9.17) is 0 Å². The van der Waals surface area contributed by atoms with Crippen LogP contribution in [-0.4, -0.2) is 53.0 Å². The van der Waals surface area contributed by atoms with E-state index in [1.54, 1.807) is 0 Å². The van der Waals surface area contributed by atoms with E-state index in [0.717, 1.165) is 38.6 Å². The molecule has 3 aliphatic carbocycles. The Balaban J connectivity index is 1.29. The van der Waals surface area contributed by atoms with Crippen LogP contribution in [0.25, 0.3) is 0 Å². The van der Waals surface area contributed by atoms with E-state index >= 15 is 0 Å². The van der Waals surface area contributed by atoms with Crippen molar-refractivity contribution in [2.45, 2.75) is 89.3 Å². The van der Waals surface area contributed by atoms with Crippen LogP contribution in [0.1, 0.15) is 71.1 Å². The van der Waals surface area contributed by atoms with Crippen LogP contribution < -0.4 is 5.32 Å². The van der Waals surface area contributed by atoms with Crippen molar-refractivity contribution in [3.63, 3.8) is 0 Å². The number of carbonyl (C=O) groups is 2. The van der Waals surface area contributed by atoms with Crippen molar-refractivity contribution < 1.29 is 9.59 Å². The van der Waals surface area contributed by atoms with E-state index in [0.29, 0.717) is 30.5 Å². The molecule has 0 bridgehead atoms. The van der Waals surface area contributed by atoms with Crippen LogP contribution in [0.15, 0.2) is 0 Å². The fourth-order valence-electron chi connectivity index (χ4n) is 4.78. The Hall–Kier alpha value is -1.26. The summed E-state index contributed by atoms with van der Waals surface area (Å²) in [5.74, 6) is 1.28. The lowest BCUT2D eigenvalue weighted by molar-refractivity contribution is -0.135. The Bertz CT molecular complexity index is 509. The molecule has 0 aromatic carbocycles. The molecule has 140 valence electrons. The van der Waals surface area contributed by atoms with Crippen LogP contribution in [0, 0.1) is 11.8 Å². The largest absolute Gasteiger partial charge is 0.340 e. The molecule has 4 rings (SSSR count). The number of urea groups is 1. The molecule has 5 nitrogen and oxygen atoms in total. The lowest BCUT2D eigenvalue weighted by atomic mass is 9.88. The molecule has 0 aromatic heterocycles. The first kappa shape index (κ1) is 17.2. The molecule has 3 saturated carbocycles. The number of hydrogen-bond acceptors (Lipinski definition) is 2. The molecule has 2 atom stereocenters. The molecule has 0 spiro atoms. The zero-order valence-electron chi connectivity index (χ0n) is 15.6. The van der Waals surface area contributed by atoms with Crippen molar-refractivity contribution >= 4 is 11.9 Å². The van der Waals surface area contributed by atoms with Crippen molar-refractivity contribution in [2.75, 3.05) is 13.1 Å². The molecule has 0 radical (unpaired) electrons. The standard InChI is InChI=1S/C20H33N3O2/c1-14(15-7-8-15)23(18-9-10-18)20(25)21-17-11-12-22(13-17)19(24)16-5-3-2-4-6-16/h14-18H,2-13H2,1H3,(H,21,25)/t14-,17-/m0/s1. The van der Waals surface area contributed by atoms with Gasteiger partial charge in [-0.25, -0.2) is 4.79 Å². The van der Waals surface area contributed by atoms with Crippen LogP contribution >= 0.6 is 0 Å². The van der Waals surface area contributed by atoms with Crippen LogP contribution in [0.4, 0.5) is 4.79 Å². The number of rotatable bonds is 5. The minimum Gasteiger partial charge on any atom is -0.340 e. The Morgan fingerprint density at radius 3 is 2.36 bits per heavy atom. The smallest absolute Gasteiger partial charge is 0.318 e. The second-order valence-corrected chi connectivity index (χ2v) is 8.77. The monoisotopic (exact) mass is 347 g/mol. The summed E-state index contributed by atoms with van der Waals surface area (Å²) in [6.07, 6.45) is 11.5. The SMILES string of the molecule is C[C@@H](C1CC1)N(C(=O)N[C@H]1CCN(C(=O)C2CCCCC2)C1)C1CC1. The molecule has 4 fully saturated rings. The maximum Gasteiger partial charge on any atom is 0.318 e. The van der Waals surface area contributed by atoms with Crippen LogP contribution in [0.2, 0.25) is 0 Å². The predicted molar refractivity (Wildman–Crippen MR) is 97.1 cm³/mol. The zero-order chi connectivity index (χ0) is 17.4. The van der Waals surface area contributed by atoms with Gasteiger partial charge < -0.3 is 15.1 Å². The minimum absolute atomic E-state index is 0.110. The van der Waals surface area contributed by atoms with Crippen LogP contribution in [-0.2, 0) is 4.79 Å². The Kier molecular flexibility index (Phi) is 4.92.